The van der Waals surface area contributed by atoms with Gasteiger partial charge < -0.3 is 21.1 Å². The lowest BCUT2D eigenvalue weighted by Gasteiger charge is -2.25. The smallest absolute Gasteiger partial charge is 0.312 e. The molecule has 0 unspecified atom stereocenters. The molecule has 1 heterocycles. The number of para-hydroxylation sites is 1. The lowest BCUT2D eigenvalue weighted by molar-refractivity contribution is -0.120. The van der Waals surface area contributed by atoms with Crippen molar-refractivity contribution >= 4 is 11.9 Å². The average molecular weight is 263 g/mol. The van der Waals surface area contributed by atoms with E-state index in [1.54, 1.807) is 0 Å². The van der Waals surface area contributed by atoms with Gasteiger partial charge >= 0.3 is 6.03 Å². The third kappa shape index (κ3) is 3.87. The number of carbonyl (C=O) groups excluding carboxylic acids is 2. The Morgan fingerprint density at radius 2 is 2.11 bits per heavy atom. The first-order valence-electron chi connectivity index (χ1n) is 6.16. The van der Waals surface area contributed by atoms with E-state index in [0.29, 0.717) is 13.2 Å². The second kappa shape index (κ2) is 6.08. The van der Waals surface area contributed by atoms with Crippen LogP contribution in [0.5, 0.6) is 5.75 Å². The van der Waals surface area contributed by atoms with E-state index in [1.807, 2.05) is 24.3 Å². The number of fused-ring (bicyclic) bond motifs is 1. The molecule has 1 aromatic rings. The highest BCUT2D eigenvalue weighted by Crippen LogP contribution is 2.26. The number of carbonyl (C=O) groups is 2. The Morgan fingerprint density at radius 3 is 2.89 bits per heavy atom. The van der Waals surface area contributed by atoms with Gasteiger partial charge in [0.05, 0.1) is 13.2 Å². The molecule has 3 amide bonds. The van der Waals surface area contributed by atoms with E-state index in [9.17, 15) is 9.59 Å². The van der Waals surface area contributed by atoms with Crippen LogP contribution in [0.3, 0.4) is 0 Å². The molecule has 4 N–H and O–H groups in total. The molecular formula is C13H17N3O3. The summed E-state index contributed by atoms with van der Waals surface area (Å²) in [5.74, 6) is 0.908. The third-order valence-electron chi connectivity index (χ3n) is 2.97. The quantitative estimate of drug-likeness (QED) is 0.715. The van der Waals surface area contributed by atoms with Crippen molar-refractivity contribution in [2.75, 3.05) is 19.7 Å². The summed E-state index contributed by atoms with van der Waals surface area (Å²) in [7, 11) is 0. The largest absolute Gasteiger partial charge is 0.493 e. The molecule has 0 aromatic heterocycles. The number of ether oxygens (including phenoxy) is 1. The van der Waals surface area contributed by atoms with Crippen molar-refractivity contribution in [3.8, 4) is 5.75 Å². The SMILES string of the molecule is NC(=O)NCC(=O)NC[C@@H]1COc2ccccc2C1. The lowest BCUT2D eigenvalue weighted by Crippen LogP contribution is -2.42. The highest BCUT2D eigenvalue weighted by Gasteiger charge is 2.19. The minimum Gasteiger partial charge on any atom is -0.493 e. The van der Waals surface area contributed by atoms with Crippen LogP contribution in [0.2, 0.25) is 0 Å². The Hall–Kier alpha value is -2.24. The van der Waals surface area contributed by atoms with Crippen LogP contribution in [0.15, 0.2) is 24.3 Å². The summed E-state index contributed by atoms with van der Waals surface area (Å²) in [5, 5.41) is 4.99. The van der Waals surface area contributed by atoms with Crippen molar-refractivity contribution in [1.82, 2.24) is 10.6 Å². The molecule has 1 atom stereocenters. The van der Waals surface area contributed by atoms with Gasteiger partial charge in [-0.05, 0) is 18.1 Å². The number of urea groups is 1. The van der Waals surface area contributed by atoms with Crippen LogP contribution in [0.1, 0.15) is 5.56 Å². The first kappa shape index (κ1) is 13.2. The molecule has 1 aliphatic rings. The zero-order chi connectivity index (χ0) is 13.7. The van der Waals surface area contributed by atoms with Gasteiger partial charge in [0, 0.05) is 12.5 Å². The number of benzene rings is 1. The molecule has 0 fully saturated rings. The highest BCUT2D eigenvalue weighted by molar-refractivity contribution is 5.83. The number of nitrogens with two attached hydrogens (primary N) is 1. The van der Waals surface area contributed by atoms with Gasteiger partial charge in [-0.15, -0.1) is 0 Å². The summed E-state index contributed by atoms with van der Waals surface area (Å²) in [4.78, 5) is 21.9. The van der Waals surface area contributed by atoms with Crippen LogP contribution in [0.25, 0.3) is 0 Å². The van der Waals surface area contributed by atoms with Crippen molar-refractivity contribution in [3.63, 3.8) is 0 Å². The molecular weight excluding hydrogens is 246 g/mol. The fourth-order valence-electron chi connectivity index (χ4n) is 2.01. The standard InChI is InChI=1S/C13H17N3O3/c14-13(18)16-7-12(17)15-6-9-5-10-3-1-2-4-11(10)19-8-9/h1-4,9H,5-8H2,(H,15,17)(H3,14,16,18)/t9-/m1/s1. The summed E-state index contributed by atoms with van der Waals surface area (Å²) in [6, 6.07) is 7.18. The number of primary amides is 1. The minimum absolute atomic E-state index is 0.0977. The van der Waals surface area contributed by atoms with Crippen molar-refractivity contribution in [3.05, 3.63) is 29.8 Å². The molecule has 6 heteroatoms. The van der Waals surface area contributed by atoms with Gasteiger partial charge in [0.2, 0.25) is 5.91 Å². The first-order valence-corrected chi connectivity index (χ1v) is 6.16. The number of nitrogens with one attached hydrogen (secondary N) is 2. The van der Waals surface area contributed by atoms with Crippen molar-refractivity contribution in [1.29, 1.82) is 0 Å². The number of hydrogen-bond donors (Lipinski definition) is 3. The van der Waals surface area contributed by atoms with Gasteiger partial charge in [-0.2, -0.15) is 0 Å². The van der Waals surface area contributed by atoms with Gasteiger partial charge in [0.15, 0.2) is 0 Å². The molecule has 6 nitrogen and oxygen atoms in total. The molecule has 2 rings (SSSR count). The first-order chi connectivity index (χ1) is 9.15. The molecule has 0 radical (unpaired) electrons. The summed E-state index contributed by atoms with van der Waals surface area (Å²) in [6.07, 6.45) is 0.875. The Bertz CT molecular complexity index is 476. The van der Waals surface area contributed by atoms with Crippen LogP contribution in [0, 0.1) is 5.92 Å². The maximum atomic E-state index is 11.4. The maximum absolute atomic E-state index is 11.4. The summed E-state index contributed by atoms with van der Waals surface area (Å²) < 4.78 is 5.63. The van der Waals surface area contributed by atoms with Gasteiger partial charge in [-0.25, -0.2) is 4.79 Å². The fourth-order valence-corrected chi connectivity index (χ4v) is 2.01. The Labute approximate surface area is 111 Å². The molecule has 1 aliphatic heterocycles. The van der Waals surface area contributed by atoms with E-state index >= 15 is 0 Å². The maximum Gasteiger partial charge on any atom is 0.312 e. The highest BCUT2D eigenvalue weighted by atomic mass is 16.5. The molecule has 0 aliphatic carbocycles. The number of hydrogen-bond acceptors (Lipinski definition) is 3. The second-order valence-corrected chi connectivity index (χ2v) is 4.51. The topological polar surface area (TPSA) is 93.5 Å². The van der Waals surface area contributed by atoms with Crippen molar-refractivity contribution < 1.29 is 14.3 Å². The Kier molecular flexibility index (Phi) is 4.22. The number of amides is 3. The summed E-state index contributed by atoms with van der Waals surface area (Å²) in [5.41, 5.74) is 6.04. The Balaban J connectivity index is 1.76. The molecule has 0 spiro atoms. The van der Waals surface area contributed by atoms with Crippen LogP contribution in [-0.4, -0.2) is 31.6 Å². The zero-order valence-electron chi connectivity index (χ0n) is 10.5. The van der Waals surface area contributed by atoms with Gasteiger partial charge in [-0.1, -0.05) is 18.2 Å². The summed E-state index contributed by atoms with van der Waals surface area (Å²) >= 11 is 0. The monoisotopic (exact) mass is 263 g/mol. The van der Waals surface area contributed by atoms with Crippen LogP contribution in [-0.2, 0) is 11.2 Å². The minimum atomic E-state index is -0.704. The van der Waals surface area contributed by atoms with E-state index in [-0.39, 0.29) is 18.4 Å². The summed E-state index contributed by atoms with van der Waals surface area (Å²) in [6.45, 7) is 1.01. The van der Waals surface area contributed by atoms with E-state index < -0.39 is 6.03 Å². The van der Waals surface area contributed by atoms with Crippen molar-refractivity contribution in [2.45, 2.75) is 6.42 Å². The van der Waals surface area contributed by atoms with E-state index in [1.165, 1.54) is 0 Å². The average Bonchev–Trinajstić information content (AvgIpc) is 2.42. The zero-order valence-corrected chi connectivity index (χ0v) is 10.5. The Morgan fingerprint density at radius 1 is 1.32 bits per heavy atom. The predicted molar refractivity (Wildman–Crippen MR) is 69.7 cm³/mol. The van der Waals surface area contributed by atoms with Gasteiger partial charge in [0.25, 0.3) is 0 Å². The lowest BCUT2D eigenvalue weighted by atomic mass is 9.97. The van der Waals surface area contributed by atoms with E-state index in [2.05, 4.69) is 10.6 Å². The normalized spacial score (nSPS) is 16.9. The van der Waals surface area contributed by atoms with E-state index in [4.69, 9.17) is 10.5 Å². The fraction of sp³-hybridized carbons (Fsp3) is 0.385. The molecule has 0 bridgehead atoms. The predicted octanol–water partition coefficient (Wildman–Crippen LogP) is 0.0222. The molecule has 0 saturated carbocycles. The second-order valence-electron chi connectivity index (χ2n) is 4.51. The molecule has 102 valence electrons. The van der Waals surface area contributed by atoms with Crippen LogP contribution < -0.4 is 21.1 Å². The molecule has 0 saturated heterocycles. The third-order valence-corrected chi connectivity index (χ3v) is 2.97. The van der Waals surface area contributed by atoms with Crippen LogP contribution >= 0.6 is 0 Å². The molecule has 1 aromatic carbocycles. The number of rotatable bonds is 4. The van der Waals surface area contributed by atoms with Gasteiger partial charge in [0.1, 0.15) is 5.75 Å². The van der Waals surface area contributed by atoms with Crippen molar-refractivity contribution in [2.24, 2.45) is 11.7 Å². The van der Waals surface area contributed by atoms with Gasteiger partial charge in [-0.3, -0.25) is 4.79 Å². The van der Waals surface area contributed by atoms with Crippen LogP contribution in [0.4, 0.5) is 4.79 Å². The van der Waals surface area contributed by atoms with E-state index in [0.717, 1.165) is 17.7 Å². The molecule has 19 heavy (non-hydrogen) atoms.